The Hall–Kier alpha value is -0.870. The van der Waals surface area contributed by atoms with Crippen LogP contribution in [0.1, 0.15) is 44.2 Å². The number of hydrogen-bond acceptors (Lipinski definition) is 3. The lowest BCUT2D eigenvalue weighted by Gasteiger charge is -2.29. The summed E-state index contributed by atoms with van der Waals surface area (Å²) < 4.78 is 1.82. The fourth-order valence-corrected chi connectivity index (χ4v) is 2.80. The molecular weight excluding hydrogens is 212 g/mol. The minimum Gasteiger partial charge on any atom is -0.323 e. The zero-order chi connectivity index (χ0) is 12.3. The van der Waals surface area contributed by atoms with Crippen LogP contribution >= 0.6 is 0 Å². The van der Waals surface area contributed by atoms with E-state index in [9.17, 15) is 0 Å². The first kappa shape index (κ1) is 12.6. The second-order valence-corrected chi connectivity index (χ2v) is 5.08. The predicted molar refractivity (Wildman–Crippen MR) is 69.6 cm³/mol. The van der Waals surface area contributed by atoms with Gasteiger partial charge in [-0.25, -0.2) is 0 Å². The van der Waals surface area contributed by atoms with Gasteiger partial charge in [0, 0.05) is 37.4 Å². The number of aromatic nitrogens is 2. The molecule has 1 aromatic rings. The second-order valence-electron chi connectivity index (χ2n) is 5.08. The Balaban J connectivity index is 1.93. The molecule has 4 heteroatoms. The Morgan fingerprint density at radius 3 is 2.76 bits per heavy atom. The Kier molecular flexibility index (Phi) is 4.18. The summed E-state index contributed by atoms with van der Waals surface area (Å²) >= 11 is 0. The molecule has 0 bridgehead atoms. The van der Waals surface area contributed by atoms with Gasteiger partial charge >= 0.3 is 0 Å². The van der Waals surface area contributed by atoms with E-state index in [1.807, 2.05) is 24.1 Å². The normalized spacial score (nSPS) is 19.1. The van der Waals surface area contributed by atoms with Crippen molar-refractivity contribution in [3.05, 3.63) is 18.0 Å². The molecular formula is C13H24N4. The smallest absolute Gasteiger partial charge is 0.0537 e. The molecule has 1 saturated carbocycles. The molecule has 0 amide bonds. The van der Waals surface area contributed by atoms with Crippen molar-refractivity contribution in [2.45, 2.75) is 44.7 Å². The molecule has 2 N–H and O–H groups in total. The van der Waals surface area contributed by atoms with Crippen molar-refractivity contribution in [2.24, 2.45) is 12.8 Å². The molecule has 1 aliphatic carbocycles. The molecule has 1 heterocycles. The standard InChI is InChI=1S/C13H24N4/c1-3-17(12-6-4-5-7-12)10-13(14)11-8-15-16(2)9-11/h8-9,12-13H,3-7,10,14H2,1-2H3. The Morgan fingerprint density at radius 1 is 1.53 bits per heavy atom. The van der Waals surface area contributed by atoms with E-state index in [2.05, 4.69) is 16.9 Å². The molecule has 1 fully saturated rings. The fourth-order valence-electron chi connectivity index (χ4n) is 2.80. The minimum atomic E-state index is 0.0873. The van der Waals surface area contributed by atoms with Crippen molar-refractivity contribution in [3.63, 3.8) is 0 Å². The van der Waals surface area contributed by atoms with Gasteiger partial charge in [0.25, 0.3) is 0 Å². The van der Waals surface area contributed by atoms with Crippen LogP contribution in [-0.2, 0) is 7.05 Å². The summed E-state index contributed by atoms with van der Waals surface area (Å²) in [6.45, 7) is 4.28. The highest BCUT2D eigenvalue weighted by molar-refractivity contribution is 5.10. The lowest BCUT2D eigenvalue weighted by Crippen LogP contribution is -2.38. The molecule has 0 saturated heterocycles. The van der Waals surface area contributed by atoms with Gasteiger partial charge in [0.2, 0.25) is 0 Å². The largest absolute Gasteiger partial charge is 0.323 e. The molecule has 2 rings (SSSR count). The van der Waals surface area contributed by atoms with E-state index in [-0.39, 0.29) is 6.04 Å². The van der Waals surface area contributed by atoms with Gasteiger partial charge in [-0.05, 0) is 19.4 Å². The van der Waals surface area contributed by atoms with Gasteiger partial charge in [0.05, 0.1) is 6.20 Å². The highest BCUT2D eigenvalue weighted by Gasteiger charge is 2.23. The first-order valence-electron chi connectivity index (χ1n) is 6.69. The topological polar surface area (TPSA) is 47.1 Å². The van der Waals surface area contributed by atoms with Gasteiger partial charge in [-0.15, -0.1) is 0 Å². The van der Waals surface area contributed by atoms with Gasteiger partial charge in [-0.1, -0.05) is 19.8 Å². The van der Waals surface area contributed by atoms with E-state index in [1.165, 1.54) is 25.7 Å². The lowest BCUT2D eigenvalue weighted by atomic mass is 10.1. The SMILES string of the molecule is CCN(CC(N)c1cnn(C)c1)C1CCCC1. The van der Waals surface area contributed by atoms with Crippen molar-refractivity contribution in [3.8, 4) is 0 Å². The van der Waals surface area contributed by atoms with Crippen LogP contribution in [0.4, 0.5) is 0 Å². The molecule has 1 aliphatic rings. The van der Waals surface area contributed by atoms with Crippen molar-refractivity contribution in [1.82, 2.24) is 14.7 Å². The molecule has 0 aliphatic heterocycles. The number of rotatable bonds is 5. The summed E-state index contributed by atoms with van der Waals surface area (Å²) in [4.78, 5) is 2.53. The van der Waals surface area contributed by atoms with Crippen molar-refractivity contribution >= 4 is 0 Å². The fraction of sp³-hybridized carbons (Fsp3) is 0.769. The van der Waals surface area contributed by atoms with Gasteiger partial charge in [-0.3, -0.25) is 9.58 Å². The third kappa shape index (κ3) is 3.07. The number of nitrogens with two attached hydrogens (primary N) is 1. The first-order chi connectivity index (χ1) is 8.20. The van der Waals surface area contributed by atoms with Crippen LogP contribution in [0.5, 0.6) is 0 Å². The average Bonchev–Trinajstić information content (AvgIpc) is 2.96. The summed E-state index contributed by atoms with van der Waals surface area (Å²) in [6.07, 6.45) is 9.34. The van der Waals surface area contributed by atoms with Crippen LogP contribution in [0.15, 0.2) is 12.4 Å². The molecule has 0 radical (unpaired) electrons. The van der Waals surface area contributed by atoms with Crippen LogP contribution in [0.3, 0.4) is 0 Å². The quantitative estimate of drug-likeness (QED) is 0.846. The van der Waals surface area contributed by atoms with Crippen LogP contribution in [-0.4, -0.2) is 33.8 Å². The van der Waals surface area contributed by atoms with Crippen LogP contribution in [0.25, 0.3) is 0 Å². The minimum absolute atomic E-state index is 0.0873. The summed E-state index contributed by atoms with van der Waals surface area (Å²) in [6, 6.07) is 0.840. The van der Waals surface area contributed by atoms with Crippen LogP contribution in [0, 0.1) is 0 Å². The van der Waals surface area contributed by atoms with Gasteiger partial charge in [0.1, 0.15) is 0 Å². The summed E-state index contributed by atoms with van der Waals surface area (Å²) in [5.41, 5.74) is 7.40. The zero-order valence-corrected chi connectivity index (χ0v) is 11.0. The first-order valence-corrected chi connectivity index (χ1v) is 6.69. The highest BCUT2D eigenvalue weighted by atomic mass is 15.2. The number of aryl methyl sites for hydroxylation is 1. The Morgan fingerprint density at radius 2 is 2.24 bits per heavy atom. The molecule has 0 aromatic carbocycles. The maximum atomic E-state index is 6.26. The Bertz CT molecular complexity index is 341. The lowest BCUT2D eigenvalue weighted by molar-refractivity contribution is 0.197. The molecule has 1 aromatic heterocycles. The molecule has 1 unspecified atom stereocenters. The van der Waals surface area contributed by atoms with Crippen molar-refractivity contribution < 1.29 is 0 Å². The number of nitrogens with zero attached hydrogens (tertiary/aromatic N) is 3. The molecule has 4 nitrogen and oxygen atoms in total. The third-order valence-electron chi connectivity index (χ3n) is 3.83. The van der Waals surface area contributed by atoms with E-state index in [4.69, 9.17) is 5.73 Å². The van der Waals surface area contributed by atoms with Crippen molar-refractivity contribution in [2.75, 3.05) is 13.1 Å². The summed E-state index contributed by atoms with van der Waals surface area (Å²) in [5, 5.41) is 4.19. The van der Waals surface area contributed by atoms with Crippen molar-refractivity contribution in [1.29, 1.82) is 0 Å². The molecule has 0 spiro atoms. The maximum Gasteiger partial charge on any atom is 0.0537 e. The number of hydrogen-bond donors (Lipinski definition) is 1. The molecule has 1 atom stereocenters. The van der Waals surface area contributed by atoms with E-state index < -0.39 is 0 Å². The summed E-state index contributed by atoms with van der Waals surface area (Å²) in [5.74, 6) is 0. The number of likely N-dealkylation sites (N-methyl/N-ethyl adjacent to an activating group) is 1. The third-order valence-corrected chi connectivity index (χ3v) is 3.83. The van der Waals surface area contributed by atoms with Crippen LogP contribution < -0.4 is 5.73 Å². The predicted octanol–water partition coefficient (Wildman–Crippen LogP) is 1.68. The van der Waals surface area contributed by atoms with E-state index in [0.717, 1.165) is 24.7 Å². The van der Waals surface area contributed by atoms with Gasteiger partial charge < -0.3 is 5.73 Å². The highest BCUT2D eigenvalue weighted by Crippen LogP contribution is 2.24. The van der Waals surface area contributed by atoms with Gasteiger partial charge in [-0.2, -0.15) is 5.10 Å². The van der Waals surface area contributed by atoms with E-state index in [1.54, 1.807) is 0 Å². The monoisotopic (exact) mass is 236 g/mol. The van der Waals surface area contributed by atoms with E-state index in [0.29, 0.717) is 0 Å². The average molecular weight is 236 g/mol. The van der Waals surface area contributed by atoms with Crippen LogP contribution in [0.2, 0.25) is 0 Å². The van der Waals surface area contributed by atoms with Gasteiger partial charge in [0.15, 0.2) is 0 Å². The zero-order valence-electron chi connectivity index (χ0n) is 11.0. The molecule has 96 valence electrons. The maximum absolute atomic E-state index is 6.26. The van der Waals surface area contributed by atoms with E-state index >= 15 is 0 Å². The Labute approximate surface area is 104 Å². The molecule has 17 heavy (non-hydrogen) atoms. The summed E-state index contributed by atoms with van der Waals surface area (Å²) in [7, 11) is 1.94. The second kappa shape index (κ2) is 5.65.